The summed E-state index contributed by atoms with van der Waals surface area (Å²) in [6, 6.07) is 11.9. The number of amides is 1. The minimum absolute atomic E-state index is 0.0448. The first-order valence-corrected chi connectivity index (χ1v) is 10.8. The molecular formula is C22H23N3O3S. The Kier molecular flexibility index (Phi) is 4.75. The Balaban J connectivity index is 1.29. The maximum Gasteiger partial charge on any atom is 0.229 e. The van der Waals surface area contributed by atoms with Gasteiger partial charge in [-0.05, 0) is 49.6 Å². The molecule has 5 rings (SSSR count). The Morgan fingerprint density at radius 3 is 2.93 bits per heavy atom. The fourth-order valence-corrected chi connectivity index (χ4v) is 4.98. The number of piperidine rings is 1. The van der Waals surface area contributed by atoms with Crippen LogP contribution >= 0.6 is 11.3 Å². The van der Waals surface area contributed by atoms with Gasteiger partial charge in [0.05, 0.1) is 16.1 Å². The number of carbonyl (C=O) groups is 1. The van der Waals surface area contributed by atoms with Gasteiger partial charge in [0.2, 0.25) is 5.91 Å². The fraction of sp³-hybridized carbons (Fsp3) is 0.364. The monoisotopic (exact) mass is 409 g/mol. The summed E-state index contributed by atoms with van der Waals surface area (Å²) < 4.78 is 12.4. The van der Waals surface area contributed by atoms with E-state index in [2.05, 4.69) is 35.3 Å². The van der Waals surface area contributed by atoms with Gasteiger partial charge in [0.15, 0.2) is 16.6 Å². The normalized spacial score (nSPS) is 18.7. The molecule has 0 bridgehead atoms. The summed E-state index contributed by atoms with van der Waals surface area (Å²) in [5.74, 6) is 1.39. The summed E-state index contributed by atoms with van der Waals surface area (Å²) in [7, 11) is 0. The molecule has 1 N–H and O–H groups in total. The summed E-state index contributed by atoms with van der Waals surface area (Å²) in [6.07, 6.45) is 1.87. The van der Waals surface area contributed by atoms with Gasteiger partial charge in [0.25, 0.3) is 0 Å². The van der Waals surface area contributed by atoms with E-state index in [1.54, 1.807) is 11.3 Å². The number of rotatable bonds is 3. The van der Waals surface area contributed by atoms with E-state index in [1.165, 1.54) is 10.3 Å². The highest BCUT2D eigenvalue weighted by Gasteiger charge is 2.28. The molecule has 2 aliphatic heterocycles. The van der Waals surface area contributed by atoms with Gasteiger partial charge in [-0.3, -0.25) is 4.79 Å². The molecular weight excluding hydrogens is 386 g/mol. The van der Waals surface area contributed by atoms with E-state index in [1.807, 2.05) is 18.2 Å². The minimum Gasteiger partial charge on any atom is -0.486 e. The SMILES string of the molecule is Cc1ccc2nc(N3CCCC(C(=O)Nc4ccc5c(c4)OCCO5)C3)sc2c1. The first-order chi connectivity index (χ1) is 14.2. The average Bonchev–Trinajstić information content (AvgIpc) is 3.17. The molecule has 1 saturated heterocycles. The van der Waals surface area contributed by atoms with Crippen LogP contribution < -0.4 is 19.7 Å². The van der Waals surface area contributed by atoms with Gasteiger partial charge in [-0.1, -0.05) is 17.4 Å². The van der Waals surface area contributed by atoms with Crippen LogP contribution in [0.15, 0.2) is 36.4 Å². The predicted molar refractivity (Wildman–Crippen MR) is 115 cm³/mol. The van der Waals surface area contributed by atoms with Crippen molar-refractivity contribution in [2.24, 2.45) is 5.92 Å². The minimum atomic E-state index is -0.0642. The molecule has 150 valence electrons. The number of ether oxygens (including phenoxy) is 2. The molecule has 3 heterocycles. The molecule has 0 spiro atoms. The van der Waals surface area contributed by atoms with E-state index in [0.717, 1.165) is 41.5 Å². The van der Waals surface area contributed by atoms with Gasteiger partial charge in [0.1, 0.15) is 13.2 Å². The fourth-order valence-electron chi connectivity index (χ4n) is 3.89. The molecule has 6 nitrogen and oxygen atoms in total. The molecule has 1 amide bonds. The largest absolute Gasteiger partial charge is 0.486 e. The molecule has 7 heteroatoms. The number of hydrogen-bond donors (Lipinski definition) is 1. The van der Waals surface area contributed by atoms with Crippen molar-refractivity contribution in [2.45, 2.75) is 19.8 Å². The van der Waals surface area contributed by atoms with Crippen LogP contribution in [0, 0.1) is 12.8 Å². The lowest BCUT2D eigenvalue weighted by atomic mass is 9.97. The first-order valence-electron chi connectivity index (χ1n) is 9.98. The van der Waals surface area contributed by atoms with Crippen LogP contribution in [0.3, 0.4) is 0 Å². The molecule has 2 aromatic carbocycles. The second-order valence-corrected chi connectivity index (χ2v) is 8.61. The molecule has 1 aromatic heterocycles. The van der Waals surface area contributed by atoms with Crippen molar-refractivity contribution in [3.05, 3.63) is 42.0 Å². The highest BCUT2D eigenvalue weighted by atomic mass is 32.1. The number of aromatic nitrogens is 1. The number of thiazole rings is 1. The zero-order valence-electron chi connectivity index (χ0n) is 16.3. The topological polar surface area (TPSA) is 63.7 Å². The standard InChI is InChI=1S/C22H23N3O3S/c1-14-4-6-17-20(11-14)29-22(24-17)25-8-2-3-15(13-25)21(26)23-16-5-7-18-19(12-16)28-10-9-27-18/h4-7,11-12,15H,2-3,8-10,13H2,1H3,(H,23,26). The van der Waals surface area contributed by atoms with Crippen molar-refractivity contribution < 1.29 is 14.3 Å². The quantitative estimate of drug-likeness (QED) is 0.701. The van der Waals surface area contributed by atoms with Crippen LogP contribution in [0.4, 0.5) is 10.8 Å². The highest BCUT2D eigenvalue weighted by molar-refractivity contribution is 7.22. The van der Waals surface area contributed by atoms with E-state index in [-0.39, 0.29) is 11.8 Å². The maximum atomic E-state index is 12.9. The third-order valence-electron chi connectivity index (χ3n) is 5.41. The van der Waals surface area contributed by atoms with E-state index in [9.17, 15) is 4.79 Å². The number of aryl methyl sites for hydroxylation is 1. The Hall–Kier alpha value is -2.80. The molecule has 1 unspecified atom stereocenters. The van der Waals surface area contributed by atoms with Crippen LogP contribution in [0.5, 0.6) is 11.5 Å². The molecule has 1 atom stereocenters. The molecule has 0 aliphatic carbocycles. The molecule has 0 saturated carbocycles. The van der Waals surface area contributed by atoms with E-state index >= 15 is 0 Å². The van der Waals surface area contributed by atoms with Gasteiger partial charge in [-0.2, -0.15) is 0 Å². The van der Waals surface area contributed by atoms with E-state index in [0.29, 0.717) is 25.5 Å². The summed E-state index contributed by atoms with van der Waals surface area (Å²) in [5, 5.41) is 4.05. The van der Waals surface area contributed by atoms with E-state index in [4.69, 9.17) is 14.5 Å². The second-order valence-electron chi connectivity index (χ2n) is 7.60. The zero-order valence-corrected chi connectivity index (χ0v) is 17.1. The third-order valence-corrected chi connectivity index (χ3v) is 6.48. The summed E-state index contributed by atoms with van der Waals surface area (Å²) in [4.78, 5) is 19.9. The number of anilines is 2. The predicted octanol–water partition coefficient (Wildman–Crippen LogP) is 4.23. The van der Waals surface area contributed by atoms with Crippen molar-refractivity contribution in [1.29, 1.82) is 0 Å². The van der Waals surface area contributed by atoms with Gasteiger partial charge in [0, 0.05) is 24.8 Å². The molecule has 3 aromatic rings. The lowest BCUT2D eigenvalue weighted by Crippen LogP contribution is -2.40. The maximum absolute atomic E-state index is 12.9. The molecule has 29 heavy (non-hydrogen) atoms. The van der Waals surface area contributed by atoms with Crippen LogP contribution in [-0.4, -0.2) is 37.2 Å². The van der Waals surface area contributed by atoms with Crippen LogP contribution in [0.25, 0.3) is 10.2 Å². The number of nitrogens with zero attached hydrogens (tertiary/aromatic N) is 2. The Bertz CT molecular complexity index is 1060. The van der Waals surface area contributed by atoms with Gasteiger partial charge < -0.3 is 19.7 Å². The number of hydrogen-bond acceptors (Lipinski definition) is 6. The second kappa shape index (κ2) is 7.55. The summed E-state index contributed by atoms with van der Waals surface area (Å²) >= 11 is 1.70. The number of fused-ring (bicyclic) bond motifs is 2. The van der Waals surface area contributed by atoms with Crippen molar-refractivity contribution in [3.8, 4) is 11.5 Å². The molecule has 2 aliphatic rings. The summed E-state index contributed by atoms with van der Waals surface area (Å²) in [6.45, 7) is 4.81. The van der Waals surface area contributed by atoms with Gasteiger partial charge in [-0.25, -0.2) is 4.98 Å². The van der Waals surface area contributed by atoms with Gasteiger partial charge in [-0.15, -0.1) is 0 Å². The number of carbonyl (C=O) groups excluding carboxylic acids is 1. The lowest BCUT2D eigenvalue weighted by Gasteiger charge is -2.31. The smallest absolute Gasteiger partial charge is 0.229 e. The number of nitrogens with one attached hydrogen (secondary N) is 1. The molecule has 0 radical (unpaired) electrons. The Morgan fingerprint density at radius 1 is 1.17 bits per heavy atom. The third kappa shape index (κ3) is 3.74. The van der Waals surface area contributed by atoms with Crippen LogP contribution in [0.1, 0.15) is 18.4 Å². The van der Waals surface area contributed by atoms with Gasteiger partial charge >= 0.3 is 0 Å². The van der Waals surface area contributed by atoms with Crippen molar-refractivity contribution in [2.75, 3.05) is 36.5 Å². The number of benzene rings is 2. The average molecular weight is 410 g/mol. The van der Waals surface area contributed by atoms with Crippen molar-refractivity contribution >= 4 is 38.3 Å². The molecule has 1 fully saturated rings. The lowest BCUT2D eigenvalue weighted by molar-refractivity contribution is -0.120. The van der Waals surface area contributed by atoms with Crippen LogP contribution in [0.2, 0.25) is 0 Å². The van der Waals surface area contributed by atoms with Crippen molar-refractivity contribution in [3.63, 3.8) is 0 Å². The highest BCUT2D eigenvalue weighted by Crippen LogP contribution is 2.34. The van der Waals surface area contributed by atoms with Crippen molar-refractivity contribution in [1.82, 2.24) is 4.98 Å². The first kappa shape index (κ1) is 18.2. The van der Waals surface area contributed by atoms with E-state index < -0.39 is 0 Å². The zero-order chi connectivity index (χ0) is 19.8. The Labute approximate surface area is 173 Å². The summed E-state index contributed by atoms with van der Waals surface area (Å²) in [5.41, 5.74) is 3.01. The van der Waals surface area contributed by atoms with Crippen LogP contribution in [-0.2, 0) is 4.79 Å². The Morgan fingerprint density at radius 2 is 2.03 bits per heavy atom.